The highest BCUT2D eigenvalue weighted by Gasteiger charge is 2.30. The van der Waals surface area contributed by atoms with E-state index in [0.717, 1.165) is 17.5 Å². The van der Waals surface area contributed by atoms with Crippen LogP contribution < -0.4 is 10.1 Å². The van der Waals surface area contributed by atoms with Crippen LogP contribution in [0.1, 0.15) is 35.3 Å². The van der Waals surface area contributed by atoms with Crippen LogP contribution in [-0.4, -0.2) is 23.0 Å². The second-order valence-corrected chi connectivity index (χ2v) is 7.68. The highest BCUT2D eigenvalue weighted by Crippen LogP contribution is 2.32. The van der Waals surface area contributed by atoms with Crippen molar-refractivity contribution in [2.24, 2.45) is 5.92 Å². The van der Waals surface area contributed by atoms with Gasteiger partial charge in [-0.05, 0) is 35.1 Å². The van der Waals surface area contributed by atoms with Crippen molar-refractivity contribution in [2.75, 3.05) is 0 Å². The second kappa shape index (κ2) is 9.30. The molecule has 0 spiro atoms. The van der Waals surface area contributed by atoms with E-state index in [9.17, 15) is 27.9 Å². The van der Waals surface area contributed by atoms with E-state index < -0.39 is 29.7 Å². The number of rotatable bonds is 7. The number of alkyl halides is 3. The fourth-order valence-electron chi connectivity index (χ4n) is 3.26. The van der Waals surface area contributed by atoms with Gasteiger partial charge < -0.3 is 15.2 Å². The molecule has 3 rings (SSSR count). The number of halogens is 3. The summed E-state index contributed by atoms with van der Waals surface area (Å²) in [7, 11) is 0. The molecule has 3 aromatic rings. The molecule has 0 aliphatic rings. The van der Waals surface area contributed by atoms with Gasteiger partial charge >= 0.3 is 12.1 Å². The van der Waals surface area contributed by atoms with E-state index in [-0.39, 0.29) is 23.8 Å². The normalized spacial score (nSPS) is 12.6. The Kier molecular flexibility index (Phi) is 6.72. The van der Waals surface area contributed by atoms with E-state index in [1.807, 2.05) is 12.1 Å². The number of ether oxygens (including phenoxy) is 1. The van der Waals surface area contributed by atoms with Gasteiger partial charge in [0.1, 0.15) is 18.4 Å². The molecule has 3 aromatic carbocycles. The largest absolute Gasteiger partial charge is 0.487 e. The van der Waals surface area contributed by atoms with Gasteiger partial charge in [-0.1, -0.05) is 56.3 Å². The van der Waals surface area contributed by atoms with E-state index in [4.69, 9.17) is 4.74 Å². The molecule has 0 aromatic heterocycles. The minimum absolute atomic E-state index is 0.0705. The van der Waals surface area contributed by atoms with Gasteiger partial charge in [-0.15, -0.1) is 0 Å². The van der Waals surface area contributed by atoms with Crippen molar-refractivity contribution in [3.8, 4) is 5.75 Å². The van der Waals surface area contributed by atoms with Gasteiger partial charge in [-0.3, -0.25) is 4.79 Å². The Morgan fingerprint density at radius 2 is 1.66 bits per heavy atom. The lowest BCUT2D eigenvalue weighted by Gasteiger charge is -2.20. The van der Waals surface area contributed by atoms with Gasteiger partial charge in [-0.2, -0.15) is 13.2 Å². The van der Waals surface area contributed by atoms with E-state index in [1.54, 1.807) is 38.1 Å². The summed E-state index contributed by atoms with van der Waals surface area (Å²) in [5.41, 5.74) is -0.134. The molecule has 0 fully saturated rings. The highest BCUT2D eigenvalue weighted by molar-refractivity contribution is 6.04. The first-order chi connectivity index (χ1) is 15.1. The molecule has 1 amide bonds. The second-order valence-electron chi connectivity index (χ2n) is 7.68. The standard InChI is InChI=1S/C24H22F3NO4/c1-14(2)20(23(30)31)28-22(29)19-12-9-16-5-3-4-6-18(16)21(19)32-13-15-7-10-17(11-8-15)24(25,26)27/h3-12,14,20H,13H2,1-2H3,(H,28,29)(H,30,31). The van der Waals surface area contributed by atoms with Crippen molar-refractivity contribution >= 4 is 22.6 Å². The minimum Gasteiger partial charge on any atom is -0.487 e. The monoisotopic (exact) mass is 445 g/mol. The molecule has 0 aliphatic carbocycles. The molecule has 32 heavy (non-hydrogen) atoms. The smallest absolute Gasteiger partial charge is 0.416 e. The summed E-state index contributed by atoms with van der Waals surface area (Å²) < 4.78 is 44.3. The maximum atomic E-state index is 12.9. The number of nitrogens with one attached hydrogen (secondary N) is 1. The molecular weight excluding hydrogens is 423 g/mol. The van der Waals surface area contributed by atoms with E-state index in [1.165, 1.54) is 12.1 Å². The number of carboxylic acids is 1. The fourth-order valence-corrected chi connectivity index (χ4v) is 3.26. The first-order valence-electron chi connectivity index (χ1n) is 9.92. The van der Waals surface area contributed by atoms with Gasteiger partial charge in [-0.25, -0.2) is 4.79 Å². The van der Waals surface area contributed by atoms with Crippen molar-refractivity contribution in [2.45, 2.75) is 32.7 Å². The molecule has 0 saturated heterocycles. The third-order valence-corrected chi connectivity index (χ3v) is 5.01. The topological polar surface area (TPSA) is 75.6 Å². The number of benzene rings is 3. The molecule has 0 aliphatic heterocycles. The van der Waals surface area contributed by atoms with E-state index >= 15 is 0 Å². The lowest BCUT2D eigenvalue weighted by molar-refractivity contribution is -0.140. The lowest BCUT2D eigenvalue weighted by Crippen LogP contribution is -2.44. The van der Waals surface area contributed by atoms with Crippen LogP contribution >= 0.6 is 0 Å². The van der Waals surface area contributed by atoms with Crippen LogP contribution in [0.4, 0.5) is 13.2 Å². The zero-order valence-corrected chi connectivity index (χ0v) is 17.4. The molecule has 0 bridgehead atoms. The van der Waals surface area contributed by atoms with Crippen molar-refractivity contribution in [1.29, 1.82) is 0 Å². The van der Waals surface area contributed by atoms with Crippen molar-refractivity contribution in [1.82, 2.24) is 5.32 Å². The molecule has 8 heteroatoms. The zero-order valence-electron chi connectivity index (χ0n) is 17.4. The average Bonchev–Trinajstić information content (AvgIpc) is 2.74. The van der Waals surface area contributed by atoms with Crippen LogP contribution in [0.25, 0.3) is 10.8 Å². The van der Waals surface area contributed by atoms with Crippen molar-refractivity contribution in [3.63, 3.8) is 0 Å². The summed E-state index contributed by atoms with van der Waals surface area (Å²) in [4.78, 5) is 24.4. The molecular formula is C24H22F3NO4. The first-order valence-corrected chi connectivity index (χ1v) is 9.92. The number of carbonyl (C=O) groups is 2. The number of hydrogen-bond donors (Lipinski definition) is 2. The molecule has 0 heterocycles. The SMILES string of the molecule is CC(C)C(NC(=O)c1ccc2ccccc2c1OCc1ccc(C(F)(F)F)cc1)C(=O)O. The maximum absolute atomic E-state index is 12.9. The van der Waals surface area contributed by atoms with Crippen LogP contribution in [0.2, 0.25) is 0 Å². The van der Waals surface area contributed by atoms with Crippen molar-refractivity contribution in [3.05, 3.63) is 77.4 Å². The van der Waals surface area contributed by atoms with Crippen LogP contribution in [0.5, 0.6) is 5.75 Å². The minimum atomic E-state index is -4.43. The van der Waals surface area contributed by atoms with Crippen LogP contribution in [-0.2, 0) is 17.6 Å². The van der Waals surface area contributed by atoms with Gasteiger partial charge in [0.2, 0.25) is 0 Å². The Labute approximate surface area is 182 Å². The number of carboxylic acid groups (broad SMARTS) is 1. The number of amides is 1. The van der Waals surface area contributed by atoms with Gasteiger partial charge in [0, 0.05) is 5.39 Å². The summed E-state index contributed by atoms with van der Waals surface area (Å²) in [6.07, 6.45) is -4.43. The van der Waals surface area contributed by atoms with Crippen LogP contribution in [0.3, 0.4) is 0 Å². The molecule has 2 N–H and O–H groups in total. The van der Waals surface area contributed by atoms with E-state index in [2.05, 4.69) is 5.32 Å². The quantitative estimate of drug-likeness (QED) is 0.519. The Bertz CT molecular complexity index is 1120. The predicted molar refractivity (Wildman–Crippen MR) is 113 cm³/mol. The van der Waals surface area contributed by atoms with Crippen molar-refractivity contribution < 1.29 is 32.6 Å². The van der Waals surface area contributed by atoms with Gasteiger partial charge in [0.15, 0.2) is 0 Å². The molecule has 0 saturated carbocycles. The lowest BCUT2D eigenvalue weighted by atomic mass is 10.0. The van der Waals surface area contributed by atoms with Gasteiger partial charge in [0.25, 0.3) is 5.91 Å². The number of fused-ring (bicyclic) bond motifs is 1. The third kappa shape index (κ3) is 5.19. The molecule has 1 unspecified atom stereocenters. The Hall–Kier alpha value is -3.55. The molecule has 0 radical (unpaired) electrons. The van der Waals surface area contributed by atoms with Crippen LogP contribution in [0, 0.1) is 5.92 Å². The van der Waals surface area contributed by atoms with Crippen LogP contribution in [0.15, 0.2) is 60.7 Å². The number of carbonyl (C=O) groups excluding carboxylic acids is 1. The molecule has 168 valence electrons. The summed E-state index contributed by atoms with van der Waals surface area (Å²) in [6, 6.07) is 13.9. The third-order valence-electron chi connectivity index (χ3n) is 5.01. The maximum Gasteiger partial charge on any atom is 0.416 e. The summed E-state index contributed by atoms with van der Waals surface area (Å²) in [6.45, 7) is 3.29. The Balaban J connectivity index is 1.92. The highest BCUT2D eigenvalue weighted by atomic mass is 19.4. The number of aliphatic carboxylic acids is 1. The zero-order chi connectivity index (χ0) is 23.5. The first kappa shape index (κ1) is 23.1. The summed E-state index contributed by atoms with van der Waals surface area (Å²) >= 11 is 0. The number of hydrogen-bond acceptors (Lipinski definition) is 3. The van der Waals surface area contributed by atoms with Gasteiger partial charge in [0.05, 0.1) is 11.1 Å². The molecule has 5 nitrogen and oxygen atoms in total. The summed E-state index contributed by atoms with van der Waals surface area (Å²) in [5, 5.41) is 13.3. The predicted octanol–water partition coefficient (Wildman–Crippen LogP) is 5.28. The van der Waals surface area contributed by atoms with E-state index in [0.29, 0.717) is 10.9 Å². The summed E-state index contributed by atoms with van der Waals surface area (Å²) in [5.74, 6) is -1.87. The average molecular weight is 445 g/mol. The molecule has 1 atom stereocenters. The Morgan fingerprint density at radius 1 is 1.00 bits per heavy atom. The Morgan fingerprint density at radius 3 is 2.25 bits per heavy atom. The fraction of sp³-hybridized carbons (Fsp3) is 0.250.